The number of halogens is 1. The van der Waals surface area contributed by atoms with E-state index in [0.29, 0.717) is 10.6 Å². The van der Waals surface area contributed by atoms with Gasteiger partial charge in [0, 0.05) is 17.8 Å². The molecular weight excluding hydrogens is 256 g/mol. The standard InChI is InChI=1S/C16H15ClN2/c1-11-4-7-15(12(2)8-11)19(3)16-9-14(17)6-5-13(16)10-18/h4-9H,1-3H3. The molecule has 19 heavy (non-hydrogen) atoms. The van der Waals surface area contributed by atoms with E-state index in [4.69, 9.17) is 11.6 Å². The van der Waals surface area contributed by atoms with Crippen molar-refractivity contribution >= 4 is 23.0 Å². The highest BCUT2D eigenvalue weighted by Gasteiger charge is 2.12. The molecule has 0 amide bonds. The van der Waals surface area contributed by atoms with Crippen molar-refractivity contribution in [1.82, 2.24) is 0 Å². The van der Waals surface area contributed by atoms with Gasteiger partial charge in [-0.2, -0.15) is 5.26 Å². The predicted octanol–water partition coefficient (Wildman–Crippen LogP) is 4.60. The van der Waals surface area contributed by atoms with E-state index in [9.17, 15) is 5.26 Å². The Morgan fingerprint density at radius 3 is 2.42 bits per heavy atom. The maximum atomic E-state index is 9.20. The minimum Gasteiger partial charge on any atom is -0.343 e. The molecule has 2 aromatic rings. The topological polar surface area (TPSA) is 27.0 Å². The van der Waals surface area contributed by atoms with Gasteiger partial charge in [-0.05, 0) is 43.7 Å². The minimum absolute atomic E-state index is 0.617. The molecule has 0 heterocycles. The summed E-state index contributed by atoms with van der Waals surface area (Å²) in [4.78, 5) is 2.00. The Hall–Kier alpha value is -1.98. The SMILES string of the molecule is Cc1ccc(N(C)c2cc(Cl)ccc2C#N)c(C)c1. The molecule has 3 heteroatoms. The second-order valence-electron chi connectivity index (χ2n) is 4.62. The van der Waals surface area contributed by atoms with Crippen molar-refractivity contribution in [3.8, 4) is 6.07 Å². The van der Waals surface area contributed by atoms with Crippen molar-refractivity contribution in [3.63, 3.8) is 0 Å². The Morgan fingerprint density at radius 2 is 1.79 bits per heavy atom. The average molecular weight is 271 g/mol. The van der Waals surface area contributed by atoms with Crippen LogP contribution in [0.5, 0.6) is 0 Å². The summed E-state index contributed by atoms with van der Waals surface area (Å²) < 4.78 is 0. The summed E-state index contributed by atoms with van der Waals surface area (Å²) in [5, 5.41) is 9.83. The van der Waals surface area contributed by atoms with Crippen LogP contribution in [0.3, 0.4) is 0 Å². The molecule has 2 aromatic carbocycles. The van der Waals surface area contributed by atoms with Gasteiger partial charge in [0.2, 0.25) is 0 Å². The fourth-order valence-corrected chi connectivity index (χ4v) is 2.35. The zero-order chi connectivity index (χ0) is 14.0. The van der Waals surface area contributed by atoms with Crippen molar-refractivity contribution in [1.29, 1.82) is 5.26 Å². The summed E-state index contributed by atoms with van der Waals surface area (Å²) in [6, 6.07) is 13.8. The van der Waals surface area contributed by atoms with Crippen LogP contribution in [0.1, 0.15) is 16.7 Å². The monoisotopic (exact) mass is 270 g/mol. The molecule has 0 saturated heterocycles. The highest BCUT2D eigenvalue weighted by Crippen LogP contribution is 2.31. The number of anilines is 2. The van der Waals surface area contributed by atoms with Crippen molar-refractivity contribution < 1.29 is 0 Å². The van der Waals surface area contributed by atoms with Crippen molar-refractivity contribution in [2.75, 3.05) is 11.9 Å². The molecule has 0 aliphatic carbocycles. The minimum atomic E-state index is 0.617. The number of nitrogens with zero attached hydrogens (tertiary/aromatic N) is 2. The van der Waals surface area contributed by atoms with Crippen LogP contribution >= 0.6 is 11.6 Å². The molecule has 96 valence electrons. The molecule has 2 rings (SSSR count). The third-order valence-electron chi connectivity index (χ3n) is 3.16. The third kappa shape index (κ3) is 2.72. The van der Waals surface area contributed by atoms with E-state index in [0.717, 1.165) is 11.4 Å². The number of rotatable bonds is 2. The quantitative estimate of drug-likeness (QED) is 0.798. The van der Waals surface area contributed by atoms with Crippen LogP contribution in [-0.2, 0) is 0 Å². The fourth-order valence-electron chi connectivity index (χ4n) is 2.19. The Labute approximate surface area is 118 Å². The maximum Gasteiger partial charge on any atom is 0.101 e. The van der Waals surface area contributed by atoms with Crippen LogP contribution in [0.4, 0.5) is 11.4 Å². The van der Waals surface area contributed by atoms with Crippen LogP contribution in [0.15, 0.2) is 36.4 Å². The molecule has 0 radical (unpaired) electrons. The largest absolute Gasteiger partial charge is 0.343 e. The summed E-state index contributed by atoms with van der Waals surface area (Å²) in [5.74, 6) is 0. The van der Waals surface area contributed by atoms with E-state index in [1.807, 2.05) is 18.0 Å². The lowest BCUT2D eigenvalue weighted by atomic mass is 10.1. The van der Waals surface area contributed by atoms with Gasteiger partial charge >= 0.3 is 0 Å². The zero-order valence-corrected chi connectivity index (χ0v) is 12.0. The normalized spacial score (nSPS) is 10.1. The van der Waals surface area contributed by atoms with E-state index < -0.39 is 0 Å². The summed E-state index contributed by atoms with van der Waals surface area (Å²) >= 11 is 6.03. The van der Waals surface area contributed by atoms with Gasteiger partial charge in [-0.1, -0.05) is 29.3 Å². The smallest absolute Gasteiger partial charge is 0.101 e. The van der Waals surface area contributed by atoms with E-state index in [-0.39, 0.29) is 0 Å². The molecule has 0 N–H and O–H groups in total. The number of hydrogen-bond donors (Lipinski definition) is 0. The number of benzene rings is 2. The van der Waals surface area contributed by atoms with Gasteiger partial charge in [0.25, 0.3) is 0 Å². The first-order valence-electron chi connectivity index (χ1n) is 6.03. The summed E-state index contributed by atoms with van der Waals surface area (Å²) in [6.07, 6.45) is 0. The molecule has 0 aliphatic heterocycles. The van der Waals surface area contributed by atoms with Crippen LogP contribution in [0, 0.1) is 25.2 Å². The van der Waals surface area contributed by atoms with Crippen LogP contribution in [0.25, 0.3) is 0 Å². The molecule has 0 aromatic heterocycles. The van der Waals surface area contributed by atoms with Crippen LogP contribution in [-0.4, -0.2) is 7.05 Å². The predicted molar refractivity (Wildman–Crippen MR) is 80.1 cm³/mol. The lowest BCUT2D eigenvalue weighted by Crippen LogP contribution is -2.12. The summed E-state index contributed by atoms with van der Waals surface area (Å²) in [5.41, 5.74) is 4.91. The van der Waals surface area contributed by atoms with Gasteiger partial charge < -0.3 is 4.90 Å². The molecule has 0 atom stereocenters. The summed E-state index contributed by atoms with van der Waals surface area (Å²) in [6.45, 7) is 4.13. The van der Waals surface area contributed by atoms with Gasteiger partial charge in [0.15, 0.2) is 0 Å². The first kappa shape index (κ1) is 13.5. The lowest BCUT2D eigenvalue weighted by molar-refractivity contribution is 1.17. The van der Waals surface area contributed by atoms with Crippen molar-refractivity contribution in [3.05, 3.63) is 58.1 Å². The molecule has 0 aliphatic rings. The van der Waals surface area contributed by atoms with Crippen molar-refractivity contribution in [2.45, 2.75) is 13.8 Å². The molecular formula is C16H15ClN2. The fraction of sp³-hybridized carbons (Fsp3) is 0.188. The first-order valence-corrected chi connectivity index (χ1v) is 6.41. The van der Waals surface area contributed by atoms with E-state index >= 15 is 0 Å². The zero-order valence-electron chi connectivity index (χ0n) is 11.2. The maximum absolute atomic E-state index is 9.20. The third-order valence-corrected chi connectivity index (χ3v) is 3.39. The highest BCUT2D eigenvalue weighted by atomic mass is 35.5. The van der Waals surface area contributed by atoms with Gasteiger partial charge in [0.1, 0.15) is 6.07 Å². The number of aryl methyl sites for hydroxylation is 2. The van der Waals surface area contributed by atoms with Gasteiger partial charge in [-0.25, -0.2) is 0 Å². The summed E-state index contributed by atoms with van der Waals surface area (Å²) in [7, 11) is 1.95. The number of hydrogen-bond acceptors (Lipinski definition) is 2. The molecule has 0 fully saturated rings. The molecule has 0 saturated carbocycles. The Bertz CT molecular complexity index is 656. The van der Waals surface area contributed by atoms with Crippen molar-refractivity contribution in [2.24, 2.45) is 0 Å². The van der Waals surface area contributed by atoms with Crippen LogP contribution in [0.2, 0.25) is 5.02 Å². The van der Waals surface area contributed by atoms with Gasteiger partial charge in [0.05, 0.1) is 11.3 Å². The number of nitriles is 1. The van der Waals surface area contributed by atoms with Gasteiger partial charge in [-0.3, -0.25) is 0 Å². The van der Waals surface area contributed by atoms with E-state index in [2.05, 4.69) is 38.1 Å². The Kier molecular flexibility index (Phi) is 3.78. The molecule has 0 spiro atoms. The Morgan fingerprint density at radius 1 is 1.05 bits per heavy atom. The first-order chi connectivity index (χ1) is 9.02. The van der Waals surface area contributed by atoms with E-state index in [1.54, 1.807) is 12.1 Å². The second-order valence-corrected chi connectivity index (χ2v) is 5.06. The van der Waals surface area contributed by atoms with Gasteiger partial charge in [-0.15, -0.1) is 0 Å². The van der Waals surface area contributed by atoms with Crippen LogP contribution < -0.4 is 4.90 Å². The molecule has 2 nitrogen and oxygen atoms in total. The lowest BCUT2D eigenvalue weighted by Gasteiger charge is -2.23. The average Bonchev–Trinajstić information content (AvgIpc) is 2.38. The molecule has 0 unspecified atom stereocenters. The highest BCUT2D eigenvalue weighted by molar-refractivity contribution is 6.30. The second kappa shape index (κ2) is 5.34. The van der Waals surface area contributed by atoms with E-state index in [1.165, 1.54) is 11.1 Å². The Balaban J connectivity index is 2.52. The molecule has 0 bridgehead atoms.